The predicted molar refractivity (Wildman–Crippen MR) is 42.7 cm³/mol. The van der Waals surface area contributed by atoms with E-state index in [-0.39, 0.29) is 5.82 Å². The lowest BCUT2D eigenvalue weighted by Crippen LogP contribution is -2.30. The second-order valence-corrected chi connectivity index (χ2v) is 2.77. The molecule has 0 atom stereocenters. The van der Waals surface area contributed by atoms with Crippen LogP contribution < -0.4 is 5.32 Å². The maximum Gasteiger partial charge on any atom is 0.471 e. The Morgan fingerprint density at radius 1 is 1.43 bits per heavy atom. The molecule has 0 saturated heterocycles. The van der Waals surface area contributed by atoms with Crippen LogP contribution in [0.2, 0.25) is 0 Å². The van der Waals surface area contributed by atoms with Gasteiger partial charge in [0, 0.05) is 11.3 Å². The molecule has 78 valence electrons. The van der Waals surface area contributed by atoms with Gasteiger partial charge in [-0.3, -0.25) is 9.89 Å². The van der Waals surface area contributed by atoms with Gasteiger partial charge in [-0.1, -0.05) is 0 Å². The lowest BCUT2D eigenvalue weighted by molar-refractivity contribution is -0.167. The fourth-order valence-corrected chi connectivity index (χ4v) is 0.785. The van der Waals surface area contributed by atoms with Crippen LogP contribution in [-0.2, 0) is 4.79 Å². The summed E-state index contributed by atoms with van der Waals surface area (Å²) in [5, 5.41) is 7.64. The van der Waals surface area contributed by atoms with Crippen molar-refractivity contribution in [3.8, 4) is 0 Å². The standard InChI is InChI=1S/C7H8F3N3O/c1-3-4(2)12-13-5(3)11-6(14)7(8,9)10/h1-2H3,(H2,11,12,13,14). The van der Waals surface area contributed by atoms with E-state index in [0.717, 1.165) is 0 Å². The van der Waals surface area contributed by atoms with Crippen molar-refractivity contribution in [2.45, 2.75) is 20.0 Å². The Kier molecular flexibility index (Phi) is 2.50. The number of H-pyrrole nitrogens is 1. The van der Waals surface area contributed by atoms with Crippen molar-refractivity contribution < 1.29 is 18.0 Å². The van der Waals surface area contributed by atoms with Gasteiger partial charge in [0.1, 0.15) is 0 Å². The van der Waals surface area contributed by atoms with Crippen molar-refractivity contribution in [2.24, 2.45) is 0 Å². The first-order chi connectivity index (χ1) is 6.32. The van der Waals surface area contributed by atoms with Gasteiger partial charge in [-0.05, 0) is 13.8 Å². The number of alkyl halides is 3. The van der Waals surface area contributed by atoms with Gasteiger partial charge < -0.3 is 5.32 Å². The van der Waals surface area contributed by atoms with Gasteiger partial charge in [0.05, 0.1) is 0 Å². The smallest absolute Gasteiger partial charge is 0.301 e. The number of amides is 1. The minimum absolute atomic E-state index is 0.0928. The summed E-state index contributed by atoms with van der Waals surface area (Å²) >= 11 is 0. The van der Waals surface area contributed by atoms with E-state index in [9.17, 15) is 18.0 Å². The van der Waals surface area contributed by atoms with E-state index in [4.69, 9.17) is 0 Å². The first kappa shape index (κ1) is 10.6. The Hall–Kier alpha value is -1.53. The SMILES string of the molecule is Cc1[nH]nc(NC(=O)C(F)(F)F)c1C. The second-order valence-electron chi connectivity index (χ2n) is 2.77. The number of carbonyl (C=O) groups excluding carboxylic acids is 1. The number of hydrogen-bond donors (Lipinski definition) is 2. The van der Waals surface area contributed by atoms with Crippen LogP contribution >= 0.6 is 0 Å². The molecule has 0 aromatic carbocycles. The van der Waals surface area contributed by atoms with Crippen molar-refractivity contribution in [2.75, 3.05) is 5.32 Å². The molecule has 14 heavy (non-hydrogen) atoms. The summed E-state index contributed by atoms with van der Waals surface area (Å²) in [4.78, 5) is 10.5. The zero-order chi connectivity index (χ0) is 10.9. The number of rotatable bonds is 1. The lowest BCUT2D eigenvalue weighted by Gasteiger charge is -2.05. The van der Waals surface area contributed by atoms with E-state index in [1.54, 1.807) is 19.2 Å². The second kappa shape index (κ2) is 3.32. The fourth-order valence-electron chi connectivity index (χ4n) is 0.785. The molecule has 7 heteroatoms. The predicted octanol–water partition coefficient (Wildman–Crippen LogP) is 1.53. The number of hydrogen-bond acceptors (Lipinski definition) is 2. The van der Waals surface area contributed by atoms with Gasteiger partial charge in [0.2, 0.25) is 0 Å². The Balaban J connectivity index is 2.80. The van der Waals surface area contributed by atoms with Crippen LogP contribution in [0.5, 0.6) is 0 Å². The van der Waals surface area contributed by atoms with E-state index in [2.05, 4.69) is 10.2 Å². The van der Waals surface area contributed by atoms with E-state index in [1.165, 1.54) is 0 Å². The van der Waals surface area contributed by atoms with Gasteiger partial charge in [0.25, 0.3) is 0 Å². The molecular weight excluding hydrogens is 199 g/mol. The van der Waals surface area contributed by atoms with Gasteiger partial charge in [-0.15, -0.1) is 0 Å². The van der Waals surface area contributed by atoms with Crippen LogP contribution in [0.25, 0.3) is 0 Å². The number of anilines is 1. The van der Waals surface area contributed by atoms with E-state index < -0.39 is 12.1 Å². The number of carbonyl (C=O) groups is 1. The quantitative estimate of drug-likeness (QED) is 0.733. The molecule has 4 nitrogen and oxygen atoms in total. The van der Waals surface area contributed by atoms with Gasteiger partial charge in [-0.25, -0.2) is 0 Å². The molecule has 0 aliphatic carbocycles. The Morgan fingerprint density at radius 3 is 2.36 bits per heavy atom. The summed E-state index contributed by atoms with van der Waals surface area (Å²) in [7, 11) is 0. The Morgan fingerprint density at radius 2 is 2.00 bits per heavy atom. The Bertz CT molecular complexity index is 356. The lowest BCUT2D eigenvalue weighted by atomic mass is 10.3. The zero-order valence-corrected chi connectivity index (χ0v) is 7.49. The first-order valence-corrected chi connectivity index (χ1v) is 3.72. The molecule has 1 amide bonds. The normalized spacial score (nSPS) is 11.5. The van der Waals surface area contributed by atoms with Crippen molar-refractivity contribution in [1.82, 2.24) is 10.2 Å². The van der Waals surface area contributed by atoms with Crippen LogP contribution in [0.1, 0.15) is 11.3 Å². The number of nitrogens with zero attached hydrogens (tertiary/aromatic N) is 1. The Labute approximate surface area is 77.5 Å². The third-order valence-corrected chi connectivity index (χ3v) is 1.74. The van der Waals surface area contributed by atoms with Gasteiger partial charge in [0.15, 0.2) is 5.82 Å². The van der Waals surface area contributed by atoms with Crippen LogP contribution in [-0.4, -0.2) is 22.3 Å². The van der Waals surface area contributed by atoms with Crippen LogP contribution in [0.15, 0.2) is 0 Å². The minimum atomic E-state index is -4.89. The summed E-state index contributed by atoms with van der Waals surface area (Å²) in [5.74, 6) is -2.11. The molecule has 0 aliphatic heterocycles. The summed E-state index contributed by atoms with van der Waals surface area (Å²) in [6.45, 7) is 3.20. The highest BCUT2D eigenvalue weighted by molar-refractivity contribution is 5.94. The summed E-state index contributed by atoms with van der Waals surface area (Å²) in [6.07, 6.45) is -4.89. The van der Waals surface area contributed by atoms with Crippen molar-refractivity contribution >= 4 is 11.7 Å². The fraction of sp³-hybridized carbons (Fsp3) is 0.429. The number of nitrogens with one attached hydrogen (secondary N) is 2. The van der Waals surface area contributed by atoms with E-state index in [0.29, 0.717) is 11.3 Å². The first-order valence-electron chi connectivity index (χ1n) is 3.72. The van der Waals surface area contributed by atoms with Crippen LogP contribution in [0.4, 0.5) is 19.0 Å². The highest BCUT2D eigenvalue weighted by Gasteiger charge is 2.39. The molecule has 1 heterocycles. The molecule has 0 saturated carbocycles. The monoisotopic (exact) mass is 207 g/mol. The number of aromatic amines is 1. The molecule has 0 bridgehead atoms. The highest BCUT2D eigenvalue weighted by Crippen LogP contribution is 2.19. The van der Waals surface area contributed by atoms with Crippen LogP contribution in [0.3, 0.4) is 0 Å². The third-order valence-electron chi connectivity index (χ3n) is 1.74. The highest BCUT2D eigenvalue weighted by atomic mass is 19.4. The summed E-state index contributed by atoms with van der Waals surface area (Å²) in [6, 6.07) is 0. The molecular formula is C7H8F3N3O. The van der Waals surface area contributed by atoms with Gasteiger partial charge in [-0.2, -0.15) is 18.3 Å². The summed E-state index contributed by atoms with van der Waals surface area (Å²) < 4.78 is 35.5. The maximum atomic E-state index is 11.8. The van der Waals surface area contributed by atoms with E-state index in [1.807, 2.05) is 0 Å². The number of aromatic nitrogens is 2. The molecule has 0 radical (unpaired) electrons. The third kappa shape index (κ3) is 2.04. The largest absolute Gasteiger partial charge is 0.471 e. The molecule has 0 spiro atoms. The molecule has 0 fully saturated rings. The average molecular weight is 207 g/mol. The number of aryl methyl sites for hydroxylation is 1. The number of halogens is 3. The van der Waals surface area contributed by atoms with Crippen LogP contribution in [0, 0.1) is 13.8 Å². The maximum absolute atomic E-state index is 11.8. The van der Waals surface area contributed by atoms with Crippen molar-refractivity contribution in [3.05, 3.63) is 11.3 Å². The van der Waals surface area contributed by atoms with E-state index >= 15 is 0 Å². The molecule has 0 aliphatic rings. The van der Waals surface area contributed by atoms with Crippen molar-refractivity contribution in [1.29, 1.82) is 0 Å². The molecule has 1 aromatic rings. The average Bonchev–Trinajstić information content (AvgIpc) is 2.34. The van der Waals surface area contributed by atoms with Gasteiger partial charge >= 0.3 is 12.1 Å². The topological polar surface area (TPSA) is 57.8 Å². The zero-order valence-electron chi connectivity index (χ0n) is 7.49. The molecule has 1 aromatic heterocycles. The minimum Gasteiger partial charge on any atom is -0.301 e. The van der Waals surface area contributed by atoms with Crippen molar-refractivity contribution in [3.63, 3.8) is 0 Å². The molecule has 0 unspecified atom stereocenters. The summed E-state index contributed by atoms with van der Waals surface area (Å²) in [5.41, 5.74) is 1.10. The molecule has 2 N–H and O–H groups in total. The molecule has 1 rings (SSSR count).